The number of carbonyl (C=O) groups is 1. The zero-order valence-corrected chi connectivity index (χ0v) is 13.0. The van der Waals surface area contributed by atoms with Crippen LogP contribution in [-0.2, 0) is 4.79 Å². The van der Waals surface area contributed by atoms with Crippen molar-refractivity contribution in [1.29, 1.82) is 0 Å². The highest BCUT2D eigenvalue weighted by molar-refractivity contribution is 14.1. The molecule has 92 valence electrons. The average molecular weight is 409 g/mol. The fourth-order valence-electron chi connectivity index (χ4n) is 2.13. The molecule has 0 radical (unpaired) electrons. The van der Waals surface area contributed by atoms with Gasteiger partial charge in [0, 0.05) is 14.1 Å². The van der Waals surface area contributed by atoms with Crippen LogP contribution in [0.1, 0.15) is 19.3 Å². The van der Waals surface area contributed by atoms with Crippen LogP contribution in [0, 0.1) is 9.49 Å². The first-order valence-electron chi connectivity index (χ1n) is 5.59. The van der Waals surface area contributed by atoms with Crippen LogP contribution < -0.4 is 11.1 Å². The van der Waals surface area contributed by atoms with Gasteiger partial charge in [-0.15, -0.1) is 0 Å². The second-order valence-electron chi connectivity index (χ2n) is 4.31. The Kier molecular flexibility index (Phi) is 4.43. The molecule has 1 aliphatic carbocycles. The van der Waals surface area contributed by atoms with Crippen LogP contribution in [-0.4, -0.2) is 11.9 Å². The van der Waals surface area contributed by atoms with E-state index in [2.05, 4.69) is 43.8 Å². The minimum Gasteiger partial charge on any atom is -0.327 e. The Balaban J connectivity index is 2.07. The molecule has 1 saturated carbocycles. The molecule has 17 heavy (non-hydrogen) atoms. The van der Waals surface area contributed by atoms with Crippen molar-refractivity contribution in [2.75, 3.05) is 5.32 Å². The Morgan fingerprint density at radius 2 is 2.24 bits per heavy atom. The van der Waals surface area contributed by atoms with E-state index >= 15 is 0 Å². The largest absolute Gasteiger partial charge is 0.327 e. The number of hydrogen-bond donors (Lipinski definition) is 2. The Morgan fingerprint density at radius 1 is 1.47 bits per heavy atom. The summed E-state index contributed by atoms with van der Waals surface area (Å²) in [6, 6.07) is 5.86. The van der Waals surface area contributed by atoms with Crippen molar-refractivity contribution in [3.8, 4) is 0 Å². The van der Waals surface area contributed by atoms with Crippen LogP contribution in [0.4, 0.5) is 5.69 Å². The van der Waals surface area contributed by atoms with Gasteiger partial charge in [0.2, 0.25) is 5.91 Å². The molecule has 1 aromatic carbocycles. The van der Waals surface area contributed by atoms with Gasteiger partial charge in [0.25, 0.3) is 0 Å². The van der Waals surface area contributed by atoms with Crippen LogP contribution in [0.15, 0.2) is 22.7 Å². The van der Waals surface area contributed by atoms with E-state index in [9.17, 15) is 4.79 Å². The summed E-state index contributed by atoms with van der Waals surface area (Å²) >= 11 is 5.68. The number of carbonyl (C=O) groups excluding carboxylic acids is 1. The minimum absolute atomic E-state index is 0.0117. The lowest BCUT2D eigenvalue weighted by molar-refractivity contribution is -0.120. The number of hydrogen-bond acceptors (Lipinski definition) is 2. The standard InChI is InChI=1S/C12H14BrIN2O/c13-9-6-7(14)4-5-11(9)16-12(17)8-2-1-3-10(8)15/h4-6,8,10H,1-3,15H2,(H,16,17). The molecule has 0 spiro atoms. The van der Waals surface area contributed by atoms with Crippen LogP contribution in [0.2, 0.25) is 0 Å². The molecule has 3 nitrogen and oxygen atoms in total. The highest BCUT2D eigenvalue weighted by Crippen LogP contribution is 2.28. The fourth-order valence-corrected chi connectivity index (χ4v) is 3.53. The molecular formula is C12H14BrIN2O. The number of rotatable bonds is 2. The zero-order chi connectivity index (χ0) is 12.4. The lowest BCUT2D eigenvalue weighted by atomic mass is 10.0. The molecular weight excluding hydrogens is 395 g/mol. The summed E-state index contributed by atoms with van der Waals surface area (Å²) in [6.07, 6.45) is 2.90. The predicted molar refractivity (Wildman–Crippen MR) is 80.8 cm³/mol. The fraction of sp³-hybridized carbons (Fsp3) is 0.417. The van der Waals surface area contributed by atoms with Gasteiger partial charge in [0.1, 0.15) is 0 Å². The van der Waals surface area contributed by atoms with Crippen LogP contribution in [0.25, 0.3) is 0 Å². The first kappa shape index (κ1) is 13.3. The molecule has 0 aromatic heterocycles. The molecule has 2 atom stereocenters. The average Bonchev–Trinajstić information content (AvgIpc) is 2.68. The predicted octanol–water partition coefficient (Wildman–Crippen LogP) is 3.12. The van der Waals surface area contributed by atoms with E-state index in [0.29, 0.717) is 0 Å². The van der Waals surface area contributed by atoms with Crippen LogP contribution in [0.5, 0.6) is 0 Å². The van der Waals surface area contributed by atoms with Gasteiger partial charge >= 0.3 is 0 Å². The van der Waals surface area contributed by atoms with E-state index in [1.165, 1.54) is 0 Å². The molecule has 1 fully saturated rings. The Labute approximate surface area is 123 Å². The van der Waals surface area contributed by atoms with Gasteiger partial charge < -0.3 is 11.1 Å². The Bertz CT molecular complexity index is 439. The third-order valence-electron chi connectivity index (χ3n) is 3.10. The van der Waals surface area contributed by atoms with Crippen molar-refractivity contribution in [3.63, 3.8) is 0 Å². The normalized spacial score (nSPS) is 23.7. The molecule has 0 aliphatic heterocycles. The highest BCUT2D eigenvalue weighted by Gasteiger charge is 2.30. The van der Waals surface area contributed by atoms with Gasteiger partial charge in [-0.3, -0.25) is 4.79 Å². The zero-order valence-electron chi connectivity index (χ0n) is 9.25. The van der Waals surface area contributed by atoms with Crippen molar-refractivity contribution in [1.82, 2.24) is 0 Å². The maximum Gasteiger partial charge on any atom is 0.229 e. The quantitative estimate of drug-likeness (QED) is 0.738. The van der Waals surface area contributed by atoms with E-state index in [1.807, 2.05) is 18.2 Å². The summed E-state index contributed by atoms with van der Waals surface area (Å²) in [6.45, 7) is 0. The van der Waals surface area contributed by atoms with Crippen molar-refractivity contribution >= 4 is 50.1 Å². The molecule has 2 rings (SSSR count). The lowest BCUT2D eigenvalue weighted by Gasteiger charge is -2.16. The van der Waals surface area contributed by atoms with E-state index in [0.717, 1.165) is 33.0 Å². The maximum atomic E-state index is 12.0. The first-order chi connectivity index (χ1) is 8.08. The SMILES string of the molecule is NC1CCCC1C(=O)Nc1ccc(I)cc1Br. The summed E-state index contributed by atoms with van der Waals surface area (Å²) in [5, 5.41) is 2.94. The minimum atomic E-state index is -0.0406. The lowest BCUT2D eigenvalue weighted by Crippen LogP contribution is -2.34. The van der Waals surface area contributed by atoms with Gasteiger partial charge in [-0.05, 0) is 69.6 Å². The van der Waals surface area contributed by atoms with Crippen LogP contribution in [0.3, 0.4) is 0 Å². The number of benzene rings is 1. The van der Waals surface area contributed by atoms with Crippen LogP contribution >= 0.6 is 38.5 Å². The summed E-state index contributed by atoms with van der Waals surface area (Å²) in [4.78, 5) is 12.0. The maximum absolute atomic E-state index is 12.0. The third-order valence-corrected chi connectivity index (χ3v) is 4.42. The smallest absolute Gasteiger partial charge is 0.229 e. The van der Waals surface area contributed by atoms with E-state index in [4.69, 9.17) is 5.73 Å². The number of nitrogens with two attached hydrogens (primary N) is 1. The first-order valence-corrected chi connectivity index (χ1v) is 7.46. The topological polar surface area (TPSA) is 55.1 Å². The molecule has 5 heteroatoms. The molecule has 1 aliphatic rings. The number of amides is 1. The molecule has 2 unspecified atom stereocenters. The number of nitrogens with one attached hydrogen (secondary N) is 1. The molecule has 1 amide bonds. The van der Waals surface area contributed by atoms with Gasteiger partial charge in [0.05, 0.1) is 11.6 Å². The van der Waals surface area contributed by atoms with E-state index < -0.39 is 0 Å². The molecule has 0 saturated heterocycles. The Morgan fingerprint density at radius 3 is 2.82 bits per heavy atom. The molecule has 0 heterocycles. The second kappa shape index (κ2) is 5.67. The Hall–Kier alpha value is -0.140. The highest BCUT2D eigenvalue weighted by atomic mass is 127. The van der Waals surface area contributed by atoms with Crippen molar-refractivity contribution in [2.45, 2.75) is 25.3 Å². The summed E-state index contributed by atoms with van der Waals surface area (Å²) in [5.74, 6) is -0.00177. The van der Waals surface area contributed by atoms with E-state index in [1.54, 1.807) is 0 Å². The number of anilines is 1. The van der Waals surface area contributed by atoms with Gasteiger partial charge in [-0.25, -0.2) is 0 Å². The monoisotopic (exact) mass is 408 g/mol. The van der Waals surface area contributed by atoms with Crippen molar-refractivity contribution < 1.29 is 4.79 Å². The van der Waals surface area contributed by atoms with Gasteiger partial charge in [0.15, 0.2) is 0 Å². The molecule has 3 N–H and O–H groups in total. The number of halogens is 2. The summed E-state index contributed by atoms with van der Waals surface area (Å²) in [5.41, 5.74) is 6.74. The van der Waals surface area contributed by atoms with Gasteiger partial charge in [-0.2, -0.15) is 0 Å². The molecule has 1 aromatic rings. The van der Waals surface area contributed by atoms with Crippen molar-refractivity contribution in [3.05, 3.63) is 26.2 Å². The summed E-state index contributed by atoms with van der Waals surface area (Å²) < 4.78 is 2.04. The second-order valence-corrected chi connectivity index (χ2v) is 6.41. The third kappa shape index (κ3) is 3.20. The van der Waals surface area contributed by atoms with E-state index in [-0.39, 0.29) is 17.9 Å². The summed E-state index contributed by atoms with van der Waals surface area (Å²) in [7, 11) is 0. The van der Waals surface area contributed by atoms with Crippen molar-refractivity contribution in [2.24, 2.45) is 11.7 Å². The van der Waals surface area contributed by atoms with Gasteiger partial charge in [-0.1, -0.05) is 6.42 Å². The molecule has 0 bridgehead atoms.